The molecule has 0 aliphatic carbocycles. The highest BCUT2D eigenvalue weighted by molar-refractivity contribution is 5.90. The summed E-state index contributed by atoms with van der Waals surface area (Å²) in [5.74, 6) is 0.0702. The van der Waals surface area contributed by atoms with Crippen LogP contribution in [-0.4, -0.2) is 35.3 Å². The molecule has 1 aliphatic heterocycles. The Hall–Kier alpha value is -1.06. The van der Waals surface area contributed by atoms with Crippen molar-refractivity contribution in [1.82, 2.24) is 10.2 Å². The van der Waals surface area contributed by atoms with Crippen molar-refractivity contribution in [3.63, 3.8) is 0 Å². The number of carbonyl (C=O) groups excluding carboxylic acids is 2. The second-order valence-corrected chi connectivity index (χ2v) is 6.50. The predicted octanol–water partition coefficient (Wildman–Crippen LogP) is 2.33. The second-order valence-electron chi connectivity index (χ2n) is 6.50. The second kappa shape index (κ2) is 6.40. The van der Waals surface area contributed by atoms with Gasteiger partial charge in [-0.1, -0.05) is 41.0 Å². The molecule has 110 valence electrons. The third-order valence-corrected chi connectivity index (χ3v) is 3.82. The Balaban J connectivity index is 2.98. The zero-order chi connectivity index (χ0) is 14.6. The maximum atomic E-state index is 12.7. The molecule has 0 saturated carbocycles. The topological polar surface area (TPSA) is 49.4 Å². The minimum absolute atomic E-state index is 0.0119. The molecule has 0 spiro atoms. The van der Waals surface area contributed by atoms with Gasteiger partial charge in [0.25, 0.3) is 0 Å². The Morgan fingerprint density at radius 3 is 2.42 bits per heavy atom. The average molecular weight is 268 g/mol. The highest BCUT2D eigenvalue weighted by atomic mass is 16.2. The summed E-state index contributed by atoms with van der Waals surface area (Å²) in [4.78, 5) is 26.5. The zero-order valence-electron chi connectivity index (χ0n) is 13.0. The smallest absolute Gasteiger partial charge is 0.245 e. The largest absolute Gasteiger partial charge is 0.344 e. The van der Waals surface area contributed by atoms with Crippen molar-refractivity contribution >= 4 is 11.8 Å². The molecule has 1 rings (SSSR count). The van der Waals surface area contributed by atoms with Crippen molar-refractivity contribution in [3.8, 4) is 0 Å². The van der Waals surface area contributed by atoms with E-state index in [2.05, 4.69) is 19.2 Å². The Kier molecular flexibility index (Phi) is 5.39. The molecule has 4 nitrogen and oxygen atoms in total. The van der Waals surface area contributed by atoms with Crippen LogP contribution in [0.1, 0.15) is 60.3 Å². The fraction of sp³-hybridized carbons (Fsp3) is 0.867. The molecule has 2 amide bonds. The van der Waals surface area contributed by atoms with Crippen LogP contribution in [0.4, 0.5) is 0 Å². The van der Waals surface area contributed by atoms with E-state index in [1.165, 1.54) is 0 Å². The van der Waals surface area contributed by atoms with Crippen LogP contribution in [0.5, 0.6) is 0 Å². The van der Waals surface area contributed by atoms with Crippen LogP contribution in [0.25, 0.3) is 0 Å². The van der Waals surface area contributed by atoms with Gasteiger partial charge in [0, 0.05) is 19.0 Å². The molecule has 19 heavy (non-hydrogen) atoms. The summed E-state index contributed by atoms with van der Waals surface area (Å²) in [5, 5.41) is 2.89. The van der Waals surface area contributed by atoms with Crippen molar-refractivity contribution in [3.05, 3.63) is 0 Å². The van der Waals surface area contributed by atoms with E-state index >= 15 is 0 Å². The molecule has 1 heterocycles. The van der Waals surface area contributed by atoms with E-state index in [1.807, 2.05) is 25.7 Å². The van der Waals surface area contributed by atoms with Crippen LogP contribution < -0.4 is 5.32 Å². The van der Waals surface area contributed by atoms with Crippen LogP contribution in [-0.2, 0) is 9.59 Å². The van der Waals surface area contributed by atoms with E-state index in [0.29, 0.717) is 13.0 Å². The number of hydrogen-bond acceptors (Lipinski definition) is 2. The molecule has 0 aromatic rings. The van der Waals surface area contributed by atoms with Gasteiger partial charge in [-0.25, -0.2) is 0 Å². The van der Waals surface area contributed by atoms with Crippen LogP contribution in [0.2, 0.25) is 0 Å². The lowest BCUT2D eigenvalue weighted by molar-refractivity contribution is -0.138. The summed E-state index contributed by atoms with van der Waals surface area (Å²) in [5.41, 5.74) is -0.250. The Labute approximate surface area is 116 Å². The normalized spacial score (nSPS) is 23.0. The summed E-state index contributed by atoms with van der Waals surface area (Å²) < 4.78 is 0. The molecule has 1 fully saturated rings. The van der Waals surface area contributed by atoms with Gasteiger partial charge in [-0.15, -0.1) is 0 Å². The van der Waals surface area contributed by atoms with E-state index in [9.17, 15) is 9.59 Å². The summed E-state index contributed by atoms with van der Waals surface area (Å²) in [7, 11) is 0. The molecule has 0 radical (unpaired) electrons. The van der Waals surface area contributed by atoms with E-state index in [1.54, 1.807) is 0 Å². The Morgan fingerprint density at radius 2 is 1.95 bits per heavy atom. The Morgan fingerprint density at radius 1 is 1.32 bits per heavy atom. The van der Waals surface area contributed by atoms with Crippen LogP contribution >= 0.6 is 0 Å². The number of rotatable bonds is 4. The monoisotopic (exact) mass is 268 g/mol. The van der Waals surface area contributed by atoms with E-state index < -0.39 is 6.04 Å². The average Bonchev–Trinajstić information content (AvgIpc) is 2.46. The third kappa shape index (κ3) is 3.95. The highest BCUT2D eigenvalue weighted by Gasteiger charge is 2.39. The zero-order valence-corrected chi connectivity index (χ0v) is 13.0. The minimum Gasteiger partial charge on any atom is -0.344 e. The van der Waals surface area contributed by atoms with Gasteiger partial charge in [0.2, 0.25) is 11.8 Å². The van der Waals surface area contributed by atoms with Crippen molar-refractivity contribution < 1.29 is 9.59 Å². The molecular weight excluding hydrogens is 240 g/mol. The van der Waals surface area contributed by atoms with Gasteiger partial charge in [0.1, 0.15) is 6.04 Å². The van der Waals surface area contributed by atoms with Crippen molar-refractivity contribution in [2.75, 3.05) is 6.54 Å². The third-order valence-electron chi connectivity index (χ3n) is 3.82. The van der Waals surface area contributed by atoms with E-state index in [-0.39, 0.29) is 23.3 Å². The summed E-state index contributed by atoms with van der Waals surface area (Å²) >= 11 is 0. The SMILES string of the molecule is CCCC(CC)N1CCC(=O)NC(C(C)(C)C)C1=O. The van der Waals surface area contributed by atoms with Gasteiger partial charge in [-0.3, -0.25) is 9.59 Å². The van der Waals surface area contributed by atoms with Gasteiger partial charge in [-0.2, -0.15) is 0 Å². The number of amides is 2. The molecule has 1 aliphatic rings. The quantitative estimate of drug-likeness (QED) is 0.850. The molecule has 2 unspecified atom stereocenters. The fourth-order valence-corrected chi connectivity index (χ4v) is 2.66. The maximum Gasteiger partial charge on any atom is 0.245 e. The lowest BCUT2D eigenvalue weighted by Crippen LogP contribution is -2.53. The van der Waals surface area contributed by atoms with E-state index in [4.69, 9.17) is 0 Å². The first-order chi connectivity index (χ1) is 8.81. The molecule has 1 N–H and O–H groups in total. The fourth-order valence-electron chi connectivity index (χ4n) is 2.66. The minimum atomic E-state index is -0.409. The van der Waals surface area contributed by atoms with Gasteiger partial charge in [0.15, 0.2) is 0 Å². The number of nitrogens with zero attached hydrogens (tertiary/aromatic N) is 1. The lowest BCUT2D eigenvalue weighted by Gasteiger charge is -2.36. The summed E-state index contributed by atoms with van der Waals surface area (Å²) in [6.07, 6.45) is 3.43. The van der Waals surface area contributed by atoms with Gasteiger partial charge in [-0.05, 0) is 18.3 Å². The first-order valence-electron chi connectivity index (χ1n) is 7.41. The molecule has 2 atom stereocenters. The first-order valence-corrected chi connectivity index (χ1v) is 7.41. The lowest BCUT2D eigenvalue weighted by atomic mass is 9.85. The van der Waals surface area contributed by atoms with Gasteiger partial charge < -0.3 is 10.2 Å². The number of carbonyl (C=O) groups is 2. The van der Waals surface area contributed by atoms with Crippen molar-refractivity contribution in [1.29, 1.82) is 0 Å². The number of nitrogens with one attached hydrogen (secondary N) is 1. The highest BCUT2D eigenvalue weighted by Crippen LogP contribution is 2.25. The molecule has 0 aromatic heterocycles. The predicted molar refractivity (Wildman–Crippen MR) is 76.7 cm³/mol. The van der Waals surface area contributed by atoms with Crippen LogP contribution in [0.3, 0.4) is 0 Å². The standard InChI is InChI=1S/C15H28N2O2/c1-6-8-11(7-2)17-10-9-12(18)16-13(14(17)19)15(3,4)5/h11,13H,6-10H2,1-5H3,(H,16,18). The molecule has 1 saturated heterocycles. The van der Waals surface area contributed by atoms with Crippen LogP contribution in [0.15, 0.2) is 0 Å². The van der Waals surface area contributed by atoms with Gasteiger partial charge >= 0.3 is 0 Å². The maximum absolute atomic E-state index is 12.7. The van der Waals surface area contributed by atoms with Crippen molar-refractivity contribution in [2.24, 2.45) is 5.41 Å². The molecular formula is C15H28N2O2. The van der Waals surface area contributed by atoms with Crippen molar-refractivity contribution in [2.45, 2.75) is 72.4 Å². The Bertz CT molecular complexity index is 334. The summed E-state index contributed by atoms with van der Waals surface area (Å²) in [6.45, 7) is 10.8. The molecule has 0 aromatic carbocycles. The number of hydrogen-bond donors (Lipinski definition) is 1. The van der Waals surface area contributed by atoms with Crippen LogP contribution in [0, 0.1) is 5.41 Å². The molecule has 4 heteroatoms. The first kappa shape index (κ1) is 16.0. The van der Waals surface area contributed by atoms with Gasteiger partial charge in [0.05, 0.1) is 0 Å². The van der Waals surface area contributed by atoms with E-state index in [0.717, 1.165) is 19.3 Å². The summed E-state index contributed by atoms with van der Waals surface area (Å²) in [6, 6.07) is -0.150. The molecule has 0 bridgehead atoms.